The Morgan fingerprint density at radius 1 is 1.37 bits per heavy atom. The molecule has 2 rings (SSSR count). The maximum absolute atomic E-state index is 9.70. The van der Waals surface area contributed by atoms with Crippen molar-refractivity contribution in [1.82, 2.24) is 0 Å². The van der Waals surface area contributed by atoms with Gasteiger partial charge in [-0.2, -0.15) is 15.6 Å². The number of hydrazone groups is 1. The lowest BCUT2D eigenvalue weighted by Gasteiger charge is -2.12. The fourth-order valence-corrected chi connectivity index (χ4v) is 1.59. The van der Waals surface area contributed by atoms with Crippen LogP contribution in [0.15, 0.2) is 17.2 Å². The third-order valence-corrected chi connectivity index (χ3v) is 2.49. The number of nitrogens with one attached hydrogen (secondary N) is 1. The van der Waals surface area contributed by atoms with Crippen LogP contribution in [-0.2, 0) is 0 Å². The van der Waals surface area contributed by atoms with E-state index < -0.39 is 6.10 Å². The minimum Gasteiger partial charge on any atom is -0.454 e. The highest BCUT2D eigenvalue weighted by atomic mass is 16.7. The molecule has 2 N–H and O–H groups in total. The van der Waals surface area contributed by atoms with Crippen LogP contribution >= 0.6 is 0 Å². The number of fused-ring (bicyclic) bond motifs is 1. The molecular formula is C12H10N4O3. The number of rotatable bonds is 3. The van der Waals surface area contributed by atoms with E-state index in [1.54, 1.807) is 31.2 Å². The molecule has 7 heteroatoms. The van der Waals surface area contributed by atoms with E-state index in [1.807, 2.05) is 0 Å². The average molecular weight is 258 g/mol. The standard InChI is InChI=1S/C12H10N4O3/c1-7(17)9-2-11-12(19-6-18-11)3-10(9)16-15-8(4-13)5-14/h2-3,7,16-17H,6H2,1H3. The van der Waals surface area contributed by atoms with Crippen LogP contribution in [0.2, 0.25) is 0 Å². The fourth-order valence-electron chi connectivity index (χ4n) is 1.59. The first-order valence-electron chi connectivity index (χ1n) is 5.41. The van der Waals surface area contributed by atoms with E-state index in [0.29, 0.717) is 22.7 Å². The molecule has 1 unspecified atom stereocenters. The van der Waals surface area contributed by atoms with Crippen LogP contribution in [-0.4, -0.2) is 17.6 Å². The maximum Gasteiger partial charge on any atom is 0.237 e. The molecule has 19 heavy (non-hydrogen) atoms. The topological polar surface area (TPSA) is 111 Å². The normalized spacial score (nSPS) is 13.1. The van der Waals surface area contributed by atoms with Gasteiger partial charge in [-0.15, -0.1) is 0 Å². The van der Waals surface area contributed by atoms with E-state index in [0.717, 1.165) is 0 Å². The third-order valence-electron chi connectivity index (χ3n) is 2.49. The molecule has 0 aliphatic carbocycles. The predicted molar refractivity (Wildman–Crippen MR) is 65.5 cm³/mol. The van der Waals surface area contributed by atoms with Crippen molar-refractivity contribution in [2.24, 2.45) is 5.10 Å². The van der Waals surface area contributed by atoms with Gasteiger partial charge in [0.05, 0.1) is 11.8 Å². The van der Waals surface area contributed by atoms with Gasteiger partial charge in [-0.1, -0.05) is 0 Å². The summed E-state index contributed by atoms with van der Waals surface area (Å²) in [5.74, 6) is 1.05. The summed E-state index contributed by atoms with van der Waals surface area (Å²) in [5.41, 5.74) is 3.24. The summed E-state index contributed by atoms with van der Waals surface area (Å²) >= 11 is 0. The molecule has 0 spiro atoms. The Kier molecular flexibility index (Phi) is 3.51. The molecule has 0 radical (unpaired) electrons. The van der Waals surface area contributed by atoms with E-state index in [1.165, 1.54) is 0 Å². The highest BCUT2D eigenvalue weighted by Gasteiger charge is 2.19. The van der Waals surface area contributed by atoms with Crippen LogP contribution in [0.4, 0.5) is 5.69 Å². The second kappa shape index (κ2) is 5.25. The van der Waals surface area contributed by atoms with E-state index >= 15 is 0 Å². The maximum atomic E-state index is 9.70. The molecule has 1 aliphatic rings. The SMILES string of the molecule is CC(O)c1cc2c(cc1NN=C(C#N)C#N)OCO2. The number of nitriles is 2. The van der Waals surface area contributed by atoms with Gasteiger partial charge in [0.15, 0.2) is 11.5 Å². The van der Waals surface area contributed by atoms with Gasteiger partial charge in [-0.3, -0.25) is 5.43 Å². The monoisotopic (exact) mass is 258 g/mol. The molecule has 0 aromatic heterocycles. The second-order valence-corrected chi connectivity index (χ2v) is 3.76. The van der Waals surface area contributed by atoms with Crippen molar-refractivity contribution >= 4 is 11.4 Å². The summed E-state index contributed by atoms with van der Waals surface area (Å²) in [6.45, 7) is 1.70. The van der Waals surface area contributed by atoms with E-state index in [4.69, 9.17) is 20.0 Å². The Balaban J connectivity index is 2.37. The van der Waals surface area contributed by atoms with Gasteiger partial charge >= 0.3 is 0 Å². The molecule has 0 bridgehead atoms. The van der Waals surface area contributed by atoms with E-state index in [9.17, 15) is 5.11 Å². The highest BCUT2D eigenvalue weighted by molar-refractivity contribution is 6.10. The van der Waals surface area contributed by atoms with Gasteiger partial charge in [0.25, 0.3) is 0 Å². The zero-order valence-electron chi connectivity index (χ0n) is 10.0. The quantitative estimate of drug-likeness (QED) is 0.624. The molecule has 0 saturated carbocycles. The molecule has 1 atom stereocenters. The number of benzene rings is 1. The lowest BCUT2D eigenvalue weighted by atomic mass is 10.1. The van der Waals surface area contributed by atoms with Crippen molar-refractivity contribution in [3.63, 3.8) is 0 Å². The molecule has 7 nitrogen and oxygen atoms in total. The van der Waals surface area contributed by atoms with Crippen LogP contribution in [0.5, 0.6) is 11.5 Å². The van der Waals surface area contributed by atoms with Gasteiger partial charge in [0, 0.05) is 11.6 Å². The number of anilines is 1. The van der Waals surface area contributed by atoms with Crippen molar-refractivity contribution < 1.29 is 14.6 Å². The van der Waals surface area contributed by atoms with Crippen molar-refractivity contribution in [1.29, 1.82) is 10.5 Å². The fraction of sp³-hybridized carbons (Fsp3) is 0.250. The lowest BCUT2D eigenvalue weighted by molar-refractivity contribution is 0.173. The van der Waals surface area contributed by atoms with Crippen molar-refractivity contribution in [2.75, 3.05) is 12.2 Å². The Labute approximate surface area is 109 Å². The summed E-state index contributed by atoms with van der Waals surface area (Å²) < 4.78 is 10.4. The molecular weight excluding hydrogens is 248 g/mol. The number of aliphatic hydroxyl groups is 1. The average Bonchev–Trinajstić information content (AvgIpc) is 2.85. The first kappa shape index (κ1) is 12.7. The van der Waals surface area contributed by atoms with E-state index in [-0.39, 0.29) is 12.5 Å². The molecule has 1 aromatic carbocycles. The molecule has 96 valence electrons. The summed E-state index contributed by atoms with van der Waals surface area (Å²) in [6, 6.07) is 6.49. The summed E-state index contributed by atoms with van der Waals surface area (Å²) in [4.78, 5) is 0. The molecule has 1 aliphatic heterocycles. The Morgan fingerprint density at radius 3 is 2.58 bits per heavy atom. The highest BCUT2D eigenvalue weighted by Crippen LogP contribution is 2.39. The largest absolute Gasteiger partial charge is 0.454 e. The van der Waals surface area contributed by atoms with Crippen LogP contribution in [0.1, 0.15) is 18.6 Å². The summed E-state index contributed by atoms with van der Waals surface area (Å²) in [7, 11) is 0. The number of ether oxygens (including phenoxy) is 2. The summed E-state index contributed by atoms with van der Waals surface area (Å²) in [6.07, 6.45) is -0.764. The Morgan fingerprint density at radius 2 is 2.00 bits per heavy atom. The number of hydrogen-bond donors (Lipinski definition) is 2. The van der Waals surface area contributed by atoms with Gasteiger partial charge in [0.1, 0.15) is 12.1 Å². The van der Waals surface area contributed by atoms with Gasteiger partial charge < -0.3 is 14.6 Å². The second-order valence-electron chi connectivity index (χ2n) is 3.76. The van der Waals surface area contributed by atoms with Gasteiger partial charge in [-0.05, 0) is 13.0 Å². The minimum absolute atomic E-state index is 0.114. The van der Waals surface area contributed by atoms with Gasteiger partial charge in [0.2, 0.25) is 12.5 Å². The van der Waals surface area contributed by atoms with E-state index in [2.05, 4.69) is 10.5 Å². The minimum atomic E-state index is -0.764. The molecule has 1 aromatic rings. The van der Waals surface area contributed by atoms with Crippen molar-refractivity contribution in [2.45, 2.75) is 13.0 Å². The van der Waals surface area contributed by atoms with Crippen molar-refractivity contribution in [3.8, 4) is 23.6 Å². The van der Waals surface area contributed by atoms with Crippen molar-refractivity contribution in [3.05, 3.63) is 17.7 Å². The van der Waals surface area contributed by atoms with Gasteiger partial charge in [-0.25, -0.2) is 0 Å². The summed E-state index contributed by atoms with van der Waals surface area (Å²) in [5, 5.41) is 30.5. The molecule has 0 amide bonds. The van der Waals surface area contributed by atoms with Crippen LogP contribution in [0.25, 0.3) is 0 Å². The molecule has 0 fully saturated rings. The lowest BCUT2D eigenvalue weighted by Crippen LogP contribution is -2.02. The molecule has 0 saturated heterocycles. The van der Waals surface area contributed by atoms with Crippen LogP contribution < -0.4 is 14.9 Å². The third kappa shape index (κ3) is 2.57. The zero-order valence-corrected chi connectivity index (χ0v) is 10.0. The number of hydrogen-bond acceptors (Lipinski definition) is 7. The smallest absolute Gasteiger partial charge is 0.237 e. The van der Waals surface area contributed by atoms with Crippen LogP contribution in [0, 0.1) is 22.7 Å². The Hall–Kier alpha value is -2.77. The first-order chi connectivity index (χ1) is 9.15. The first-order valence-corrected chi connectivity index (χ1v) is 5.41. The zero-order chi connectivity index (χ0) is 13.8. The van der Waals surface area contributed by atoms with Crippen LogP contribution in [0.3, 0.4) is 0 Å². The number of aliphatic hydroxyl groups excluding tert-OH is 1. The predicted octanol–water partition coefficient (Wildman–Crippen LogP) is 1.28. The Bertz CT molecular complexity index is 595. The molecule has 1 heterocycles. The number of nitrogens with zero attached hydrogens (tertiary/aromatic N) is 3.